The molecule has 4 heteroatoms. The molecule has 3 nitrogen and oxygen atoms in total. The minimum absolute atomic E-state index is 0.133. The molecule has 0 spiro atoms. The highest BCUT2D eigenvalue weighted by Crippen LogP contribution is 2.25. The van der Waals surface area contributed by atoms with E-state index in [9.17, 15) is 9.50 Å². The Morgan fingerprint density at radius 2 is 2.05 bits per heavy atom. The highest BCUT2D eigenvalue weighted by Gasteiger charge is 2.09. The van der Waals surface area contributed by atoms with Crippen LogP contribution in [0.5, 0.6) is 11.5 Å². The summed E-state index contributed by atoms with van der Waals surface area (Å²) in [7, 11) is 1.74. The first-order valence-electron chi connectivity index (χ1n) is 5.99. The topological polar surface area (TPSA) is 41.5 Å². The second kappa shape index (κ2) is 5.61. The zero-order valence-electron chi connectivity index (χ0n) is 10.9. The van der Waals surface area contributed by atoms with E-state index in [2.05, 4.69) is 5.32 Å². The maximum Gasteiger partial charge on any atom is 0.131 e. The third-order valence-electron chi connectivity index (χ3n) is 2.92. The van der Waals surface area contributed by atoms with Gasteiger partial charge in [0.2, 0.25) is 0 Å². The molecule has 0 fully saturated rings. The Balaban J connectivity index is 2.19. The molecule has 0 aromatic heterocycles. The first-order valence-corrected chi connectivity index (χ1v) is 5.99. The summed E-state index contributed by atoms with van der Waals surface area (Å²) in [5.74, 6) is 0.512. The number of hydrogen-bond acceptors (Lipinski definition) is 3. The Morgan fingerprint density at radius 1 is 1.26 bits per heavy atom. The molecular weight excluding hydrogens is 245 g/mol. The lowest BCUT2D eigenvalue weighted by Crippen LogP contribution is -2.04. The van der Waals surface area contributed by atoms with Crippen molar-refractivity contribution < 1.29 is 14.2 Å². The van der Waals surface area contributed by atoms with Crippen LogP contribution in [0.1, 0.15) is 11.1 Å². The fraction of sp³-hybridized carbons (Fsp3) is 0.200. The molecule has 19 heavy (non-hydrogen) atoms. The molecule has 0 heterocycles. The fourth-order valence-corrected chi connectivity index (χ4v) is 1.89. The van der Waals surface area contributed by atoms with Gasteiger partial charge in [0, 0.05) is 18.3 Å². The average Bonchev–Trinajstić information content (AvgIpc) is 2.39. The zero-order valence-corrected chi connectivity index (χ0v) is 10.9. The van der Waals surface area contributed by atoms with Gasteiger partial charge in [-0.1, -0.05) is 6.07 Å². The van der Waals surface area contributed by atoms with Crippen LogP contribution in [0.4, 0.5) is 10.1 Å². The Bertz CT molecular complexity index is 584. The van der Waals surface area contributed by atoms with Crippen molar-refractivity contribution in [3.05, 3.63) is 53.3 Å². The summed E-state index contributed by atoms with van der Waals surface area (Å²) in [5.41, 5.74) is 2.00. The SMILES string of the molecule is CNc1cccc(F)c1COc1ccc(O)cc1C. The number of anilines is 1. The number of aromatic hydroxyl groups is 1. The van der Waals surface area contributed by atoms with Gasteiger partial charge in [-0.25, -0.2) is 4.39 Å². The lowest BCUT2D eigenvalue weighted by atomic mass is 10.1. The lowest BCUT2D eigenvalue weighted by molar-refractivity contribution is 0.298. The van der Waals surface area contributed by atoms with E-state index >= 15 is 0 Å². The van der Waals surface area contributed by atoms with Crippen molar-refractivity contribution in [3.63, 3.8) is 0 Å². The first kappa shape index (κ1) is 13.2. The van der Waals surface area contributed by atoms with E-state index in [1.54, 1.807) is 37.4 Å². The quantitative estimate of drug-likeness (QED) is 0.885. The van der Waals surface area contributed by atoms with E-state index < -0.39 is 0 Å². The predicted octanol–water partition coefficient (Wildman–Crippen LogP) is 3.46. The summed E-state index contributed by atoms with van der Waals surface area (Å²) >= 11 is 0. The number of rotatable bonds is 4. The van der Waals surface area contributed by atoms with Crippen molar-refractivity contribution in [2.75, 3.05) is 12.4 Å². The van der Waals surface area contributed by atoms with Crippen molar-refractivity contribution in [2.45, 2.75) is 13.5 Å². The molecule has 0 bridgehead atoms. The molecule has 0 amide bonds. The maximum absolute atomic E-state index is 13.7. The molecule has 0 aliphatic rings. The van der Waals surface area contributed by atoms with Crippen LogP contribution in [0.3, 0.4) is 0 Å². The summed E-state index contributed by atoms with van der Waals surface area (Å²) in [4.78, 5) is 0. The molecule has 0 aliphatic heterocycles. The maximum atomic E-state index is 13.7. The second-order valence-corrected chi connectivity index (χ2v) is 4.25. The van der Waals surface area contributed by atoms with Gasteiger partial charge in [0.1, 0.15) is 23.9 Å². The number of halogens is 1. The number of benzene rings is 2. The van der Waals surface area contributed by atoms with Crippen molar-refractivity contribution in [2.24, 2.45) is 0 Å². The summed E-state index contributed by atoms with van der Waals surface area (Å²) in [6.07, 6.45) is 0. The van der Waals surface area contributed by atoms with Gasteiger partial charge in [-0.15, -0.1) is 0 Å². The fourth-order valence-electron chi connectivity index (χ4n) is 1.89. The molecule has 0 saturated carbocycles. The Morgan fingerprint density at radius 3 is 2.74 bits per heavy atom. The van der Waals surface area contributed by atoms with E-state index in [1.165, 1.54) is 6.07 Å². The van der Waals surface area contributed by atoms with Gasteiger partial charge in [0.15, 0.2) is 0 Å². The van der Waals surface area contributed by atoms with Crippen LogP contribution in [0.25, 0.3) is 0 Å². The van der Waals surface area contributed by atoms with Crippen LogP contribution in [0.2, 0.25) is 0 Å². The first-order chi connectivity index (χ1) is 9.11. The highest BCUT2D eigenvalue weighted by molar-refractivity contribution is 5.51. The minimum Gasteiger partial charge on any atom is -0.508 e. The zero-order chi connectivity index (χ0) is 13.8. The Kier molecular flexibility index (Phi) is 3.90. The number of ether oxygens (including phenoxy) is 1. The molecule has 0 radical (unpaired) electrons. The van der Waals surface area contributed by atoms with Gasteiger partial charge in [-0.2, -0.15) is 0 Å². The van der Waals surface area contributed by atoms with Crippen molar-refractivity contribution in [3.8, 4) is 11.5 Å². The second-order valence-electron chi connectivity index (χ2n) is 4.25. The van der Waals surface area contributed by atoms with Crippen LogP contribution in [0, 0.1) is 12.7 Å². The number of nitrogens with one attached hydrogen (secondary N) is 1. The van der Waals surface area contributed by atoms with Gasteiger partial charge >= 0.3 is 0 Å². The Hall–Kier alpha value is -2.23. The third-order valence-corrected chi connectivity index (χ3v) is 2.92. The van der Waals surface area contributed by atoms with E-state index in [4.69, 9.17) is 4.74 Å². The summed E-state index contributed by atoms with van der Waals surface area (Å²) in [6, 6.07) is 9.67. The molecule has 0 saturated heterocycles. The van der Waals surface area contributed by atoms with Gasteiger partial charge in [0.25, 0.3) is 0 Å². The molecule has 2 aromatic rings. The molecule has 2 aromatic carbocycles. The van der Waals surface area contributed by atoms with E-state index in [-0.39, 0.29) is 18.2 Å². The number of aryl methyl sites for hydroxylation is 1. The van der Waals surface area contributed by atoms with Gasteiger partial charge in [0.05, 0.1) is 0 Å². The van der Waals surface area contributed by atoms with Gasteiger partial charge in [-0.3, -0.25) is 0 Å². The van der Waals surface area contributed by atoms with Crippen molar-refractivity contribution in [1.82, 2.24) is 0 Å². The number of phenols is 1. The lowest BCUT2D eigenvalue weighted by Gasteiger charge is -2.13. The van der Waals surface area contributed by atoms with E-state index in [0.717, 1.165) is 5.56 Å². The number of phenolic OH excluding ortho intramolecular Hbond substituents is 1. The molecule has 100 valence electrons. The summed E-state index contributed by atoms with van der Waals surface area (Å²) in [6.45, 7) is 1.96. The normalized spacial score (nSPS) is 10.3. The Labute approximate surface area is 111 Å². The molecular formula is C15H16FNO2. The highest BCUT2D eigenvalue weighted by atomic mass is 19.1. The van der Waals surface area contributed by atoms with Crippen LogP contribution < -0.4 is 10.1 Å². The molecule has 0 unspecified atom stereocenters. The van der Waals surface area contributed by atoms with Crippen molar-refractivity contribution in [1.29, 1.82) is 0 Å². The molecule has 0 atom stereocenters. The van der Waals surface area contributed by atoms with E-state index in [0.29, 0.717) is 17.0 Å². The minimum atomic E-state index is -0.303. The van der Waals surface area contributed by atoms with Crippen LogP contribution in [-0.4, -0.2) is 12.2 Å². The summed E-state index contributed by atoms with van der Waals surface area (Å²) < 4.78 is 19.4. The average molecular weight is 261 g/mol. The number of hydrogen-bond donors (Lipinski definition) is 2. The smallest absolute Gasteiger partial charge is 0.131 e. The van der Waals surface area contributed by atoms with Gasteiger partial charge in [-0.05, 0) is 42.8 Å². The predicted molar refractivity (Wildman–Crippen MR) is 73.1 cm³/mol. The summed E-state index contributed by atoms with van der Waals surface area (Å²) in [5, 5.41) is 12.3. The third kappa shape index (κ3) is 2.96. The van der Waals surface area contributed by atoms with Crippen LogP contribution in [-0.2, 0) is 6.61 Å². The standard InChI is InChI=1S/C15H16FNO2/c1-10-8-11(18)6-7-15(10)19-9-12-13(16)4-3-5-14(12)17-2/h3-8,17-18H,9H2,1-2H3. The van der Waals surface area contributed by atoms with Crippen LogP contribution in [0.15, 0.2) is 36.4 Å². The van der Waals surface area contributed by atoms with Crippen molar-refractivity contribution >= 4 is 5.69 Å². The van der Waals surface area contributed by atoms with Gasteiger partial charge < -0.3 is 15.2 Å². The monoisotopic (exact) mass is 261 g/mol. The molecule has 2 N–H and O–H groups in total. The van der Waals surface area contributed by atoms with Crippen LogP contribution >= 0.6 is 0 Å². The van der Waals surface area contributed by atoms with E-state index in [1.807, 2.05) is 6.92 Å². The molecule has 2 rings (SSSR count). The molecule has 0 aliphatic carbocycles. The largest absolute Gasteiger partial charge is 0.508 e.